The second-order valence-corrected chi connectivity index (χ2v) is 4.31. The van der Waals surface area contributed by atoms with Crippen molar-refractivity contribution in [3.05, 3.63) is 0 Å². The first kappa shape index (κ1) is 12.5. The fourth-order valence-corrected chi connectivity index (χ4v) is 2.18. The van der Waals surface area contributed by atoms with Gasteiger partial charge in [-0.1, -0.05) is 0 Å². The molecule has 4 nitrogen and oxygen atoms in total. The van der Waals surface area contributed by atoms with Crippen LogP contribution in [0.5, 0.6) is 0 Å². The lowest BCUT2D eigenvalue weighted by Crippen LogP contribution is -2.24. The molecule has 1 atom stereocenters. The van der Waals surface area contributed by atoms with Crippen LogP contribution in [0.25, 0.3) is 0 Å². The summed E-state index contributed by atoms with van der Waals surface area (Å²) in [6.45, 7) is 4.20. The molecule has 1 aliphatic rings. The number of nitrogens with two attached hydrogens (primary N) is 1. The van der Waals surface area contributed by atoms with E-state index >= 15 is 0 Å². The number of likely N-dealkylation sites (tertiary alicyclic amines) is 1. The molecule has 4 heteroatoms. The van der Waals surface area contributed by atoms with Gasteiger partial charge in [-0.2, -0.15) is 0 Å². The van der Waals surface area contributed by atoms with E-state index in [4.69, 9.17) is 5.73 Å². The molecule has 3 N–H and O–H groups in total. The third-order valence-electron chi connectivity index (χ3n) is 3.10. The van der Waals surface area contributed by atoms with Crippen LogP contribution < -0.4 is 11.1 Å². The molecule has 1 unspecified atom stereocenters. The van der Waals surface area contributed by atoms with Crippen LogP contribution in [0.3, 0.4) is 0 Å². The summed E-state index contributed by atoms with van der Waals surface area (Å²) in [6, 6.07) is 0. The standard InChI is InChI=1S/C11H23N3O/c1-13-11(15)3-2-7-14-8-5-10(9-14)4-6-12/h10H,2-9,12H2,1H3,(H,13,15). The topological polar surface area (TPSA) is 58.4 Å². The average molecular weight is 213 g/mol. The number of amides is 1. The van der Waals surface area contributed by atoms with Gasteiger partial charge in [-0.25, -0.2) is 0 Å². The molecule has 0 aliphatic carbocycles. The van der Waals surface area contributed by atoms with Crippen LogP contribution in [0, 0.1) is 5.92 Å². The van der Waals surface area contributed by atoms with E-state index in [0.29, 0.717) is 6.42 Å². The molecule has 1 heterocycles. The molecule has 0 spiro atoms. The van der Waals surface area contributed by atoms with Crippen molar-refractivity contribution in [1.29, 1.82) is 0 Å². The molecule has 0 aromatic rings. The summed E-state index contributed by atoms with van der Waals surface area (Å²) in [4.78, 5) is 13.5. The number of nitrogens with one attached hydrogen (secondary N) is 1. The van der Waals surface area contributed by atoms with Gasteiger partial charge in [-0.15, -0.1) is 0 Å². The Labute approximate surface area is 92.2 Å². The van der Waals surface area contributed by atoms with E-state index in [0.717, 1.165) is 31.8 Å². The molecule has 0 aromatic carbocycles. The molecule has 0 saturated carbocycles. The van der Waals surface area contributed by atoms with Crippen LogP contribution >= 0.6 is 0 Å². The van der Waals surface area contributed by atoms with Crippen LogP contribution in [0.1, 0.15) is 25.7 Å². The van der Waals surface area contributed by atoms with Gasteiger partial charge in [-0.05, 0) is 44.8 Å². The fourth-order valence-electron chi connectivity index (χ4n) is 2.18. The minimum Gasteiger partial charge on any atom is -0.359 e. The van der Waals surface area contributed by atoms with Gasteiger partial charge in [0.2, 0.25) is 5.91 Å². The highest BCUT2D eigenvalue weighted by atomic mass is 16.1. The summed E-state index contributed by atoms with van der Waals surface area (Å²) in [5.41, 5.74) is 5.54. The fraction of sp³-hybridized carbons (Fsp3) is 0.909. The number of carbonyl (C=O) groups excluding carboxylic acids is 1. The Bertz CT molecular complexity index is 196. The maximum absolute atomic E-state index is 11.0. The van der Waals surface area contributed by atoms with Gasteiger partial charge in [0.1, 0.15) is 0 Å². The van der Waals surface area contributed by atoms with Crippen molar-refractivity contribution in [3.63, 3.8) is 0 Å². The molecule has 1 amide bonds. The Kier molecular flexibility index (Phi) is 5.65. The van der Waals surface area contributed by atoms with Gasteiger partial charge in [0.25, 0.3) is 0 Å². The highest BCUT2D eigenvalue weighted by molar-refractivity contribution is 5.75. The van der Waals surface area contributed by atoms with Gasteiger partial charge < -0.3 is 16.0 Å². The van der Waals surface area contributed by atoms with E-state index in [1.54, 1.807) is 7.05 Å². The minimum atomic E-state index is 0.146. The van der Waals surface area contributed by atoms with Gasteiger partial charge in [-0.3, -0.25) is 4.79 Å². The lowest BCUT2D eigenvalue weighted by atomic mass is 10.1. The van der Waals surface area contributed by atoms with E-state index < -0.39 is 0 Å². The monoisotopic (exact) mass is 213 g/mol. The Morgan fingerprint density at radius 2 is 2.40 bits per heavy atom. The maximum atomic E-state index is 11.0. The zero-order valence-electron chi connectivity index (χ0n) is 9.67. The third-order valence-corrected chi connectivity index (χ3v) is 3.10. The van der Waals surface area contributed by atoms with Gasteiger partial charge in [0.15, 0.2) is 0 Å². The highest BCUT2D eigenvalue weighted by Crippen LogP contribution is 2.18. The Hall–Kier alpha value is -0.610. The molecule has 1 fully saturated rings. The first-order chi connectivity index (χ1) is 7.26. The Morgan fingerprint density at radius 3 is 3.07 bits per heavy atom. The quantitative estimate of drug-likeness (QED) is 0.662. The molecule has 1 rings (SSSR count). The van der Waals surface area contributed by atoms with Crippen molar-refractivity contribution in [2.75, 3.05) is 33.2 Å². The van der Waals surface area contributed by atoms with Crippen LogP contribution in [-0.4, -0.2) is 44.0 Å². The maximum Gasteiger partial charge on any atom is 0.219 e. The number of hydrogen-bond donors (Lipinski definition) is 2. The SMILES string of the molecule is CNC(=O)CCCN1CCC(CCN)C1. The molecule has 0 bridgehead atoms. The first-order valence-electron chi connectivity index (χ1n) is 5.89. The molecule has 1 saturated heterocycles. The van der Waals surface area contributed by atoms with Crippen LogP contribution in [0.15, 0.2) is 0 Å². The molecule has 15 heavy (non-hydrogen) atoms. The van der Waals surface area contributed by atoms with Gasteiger partial charge in [0, 0.05) is 20.0 Å². The molecular weight excluding hydrogens is 190 g/mol. The zero-order chi connectivity index (χ0) is 11.1. The van der Waals surface area contributed by atoms with E-state index in [-0.39, 0.29) is 5.91 Å². The smallest absolute Gasteiger partial charge is 0.219 e. The normalized spacial score (nSPS) is 21.9. The molecule has 0 aromatic heterocycles. The first-order valence-corrected chi connectivity index (χ1v) is 5.89. The molecular formula is C11H23N3O. The van der Waals surface area contributed by atoms with Crippen LogP contribution in [0.4, 0.5) is 0 Å². The average Bonchev–Trinajstić information content (AvgIpc) is 2.66. The molecule has 88 valence electrons. The summed E-state index contributed by atoms with van der Waals surface area (Å²) in [5.74, 6) is 0.933. The Balaban J connectivity index is 2.06. The number of carbonyl (C=O) groups is 1. The number of hydrogen-bond acceptors (Lipinski definition) is 3. The van der Waals surface area contributed by atoms with Crippen molar-refractivity contribution in [2.45, 2.75) is 25.7 Å². The summed E-state index contributed by atoms with van der Waals surface area (Å²) in [5, 5.41) is 2.65. The largest absolute Gasteiger partial charge is 0.359 e. The lowest BCUT2D eigenvalue weighted by Gasteiger charge is -2.15. The van der Waals surface area contributed by atoms with Crippen LogP contribution in [-0.2, 0) is 4.79 Å². The van der Waals surface area contributed by atoms with E-state index in [1.165, 1.54) is 19.5 Å². The lowest BCUT2D eigenvalue weighted by molar-refractivity contribution is -0.120. The van der Waals surface area contributed by atoms with Crippen molar-refractivity contribution in [3.8, 4) is 0 Å². The van der Waals surface area contributed by atoms with Gasteiger partial charge in [0.05, 0.1) is 0 Å². The second kappa shape index (κ2) is 6.80. The van der Waals surface area contributed by atoms with Crippen LogP contribution in [0.2, 0.25) is 0 Å². The van der Waals surface area contributed by atoms with E-state index in [2.05, 4.69) is 10.2 Å². The van der Waals surface area contributed by atoms with Crippen molar-refractivity contribution >= 4 is 5.91 Å². The highest BCUT2D eigenvalue weighted by Gasteiger charge is 2.20. The zero-order valence-corrected chi connectivity index (χ0v) is 9.67. The summed E-state index contributed by atoms with van der Waals surface area (Å²) >= 11 is 0. The molecule has 1 aliphatic heterocycles. The summed E-state index contributed by atoms with van der Waals surface area (Å²) < 4.78 is 0. The predicted molar refractivity (Wildman–Crippen MR) is 61.5 cm³/mol. The third kappa shape index (κ3) is 4.62. The summed E-state index contributed by atoms with van der Waals surface area (Å²) in [6.07, 6.45) is 4.03. The van der Waals surface area contributed by atoms with Crippen molar-refractivity contribution in [1.82, 2.24) is 10.2 Å². The van der Waals surface area contributed by atoms with Crippen molar-refractivity contribution in [2.24, 2.45) is 11.7 Å². The number of nitrogens with zero attached hydrogens (tertiary/aromatic N) is 1. The molecule has 0 radical (unpaired) electrons. The second-order valence-electron chi connectivity index (χ2n) is 4.31. The van der Waals surface area contributed by atoms with E-state index in [1.807, 2.05) is 0 Å². The van der Waals surface area contributed by atoms with Gasteiger partial charge >= 0.3 is 0 Å². The van der Waals surface area contributed by atoms with Crippen molar-refractivity contribution < 1.29 is 4.79 Å². The minimum absolute atomic E-state index is 0.146. The predicted octanol–water partition coefficient (Wildman–Crippen LogP) is 0.183. The van der Waals surface area contributed by atoms with E-state index in [9.17, 15) is 4.79 Å². The Morgan fingerprint density at radius 1 is 1.60 bits per heavy atom. The summed E-state index contributed by atoms with van der Waals surface area (Å²) in [7, 11) is 1.69. The number of rotatable bonds is 6.